The van der Waals surface area contributed by atoms with Crippen LogP contribution in [-0.4, -0.2) is 32.9 Å². The molecule has 0 bridgehead atoms. The molecular weight excluding hydrogens is 292 g/mol. The third-order valence-corrected chi connectivity index (χ3v) is 3.16. The SMILES string of the molecule is CC(COC(=O)Nc1ccc(N(C)C)cc1)Oc1ccccc1. The van der Waals surface area contributed by atoms with Crippen molar-refractivity contribution in [3.05, 3.63) is 54.6 Å². The predicted octanol–water partition coefficient (Wildman–Crippen LogP) is 3.77. The third-order valence-electron chi connectivity index (χ3n) is 3.16. The maximum absolute atomic E-state index is 11.8. The monoisotopic (exact) mass is 314 g/mol. The molecule has 0 aromatic heterocycles. The average molecular weight is 314 g/mol. The molecule has 0 aliphatic carbocycles. The van der Waals surface area contributed by atoms with Crippen LogP contribution in [0.1, 0.15) is 6.92 Å². The van der Waals surface area contributed by atoms with Crippen molar-refractivity contribution in [2.45, 2.75) is 13.0 Å². The Bertz CT molecular complexity index is 612. The summed E-state index contributed by atoms with van der Waals surface area (Å²) in [6.45, 7) is 2.03. The van der Waals surface area contributed by atoms with Gasteiger partial charge in [0.1, 0.15) is 18.5 Å². The fourth-order valence-corrected chi connectivity index (χ4v) is 1.96. The number of para-hydroxylation sites is 1. The normalized spacial score (nSPS) is 11.4. The largest absolute Gasteiger partial charge is 0.487 e. The van der Waals surface area contributed by atoms with Crippen LogP contribution in [0.15, 0.2) is 54.6 Å². The van der Waals surface area contributed by atoms with Crippen molar-refractivity contribution in [1.82, 2.24) is 0 Å². The summed E-state index contributed by atoms with van der Waals surface area (Å²) in [4.78, 5) is 13.8. The Morgan fingerprint density at radius 3 is 2.35 bits per heavy atom. The van der Waals surface area contributed by atoms with Crippen LogP contribution >= 0.6 is 0 Å². The van der Waals surface area contributed by atoms with Gasteiger partial charge in [-0.1, -0.05) is 18.2 Å². The Hall–Kier alpha value is -2.69. The third kappa shape index (κ3) is 5.54. The number of nitrogens with one attached hydrogen (secondary N) is 1. The quantitative estimate of drug-likeness (QED) is 0.882. The van der Waals surface area contributed by atoms with Gasteiger partial charge in [0.2, 0.25) is 0 Å². The van der Waals surface area contributed by atoms with E-state index in [1.165, 1.54) is 0 Å². The number of ether oxygens (including phenoxy) is 2. The lowest BCUT2D eigenvalue weighted by Crippen LogP contribution is -2.24. The first-order chi connectivity index (χ1) is 11.0. The molecule has 2 aromatic carbocycles. The standard InChI is InChI=1S/C18H22N2O3/c1-14(23-17-7-5-4-6-8-17)13-22-18(21)19-15-9-11-16(12-10-15)20(2)3/h4-12,14H,13H2,1-3H3,(H,19,21). The molecule has 0 saturated carbocycles. The second kappa shape index (κ2) is 8.08. The van der Waals surface area contributed by atoms with Gasteiger partial charge in [-0.3, -0.25) is 5.32 Å². The van der Waals surface area contributed by atoms with Gasteiger partial charge in [0, 0.05) is 25.5 Å². The maximum atomic E-state index is 11.8. The van der Waals surface area contributed by atoms with Crippen LogP contribution in [-0.2, 0) is 4.74 Å². The molecule has 0 spiro atoms. The predicted molar refractivity (Wildman–Crippen MR) is 92.3 cm³/mol. The molecule has 1 unspecified atom stereocenters. The molecule has 2 rings (SSSR count). The minimum absolute atomic E-state index is 0.177. The molecule has 1 N–H and O–H groups in total. The van der Waals surface area contributed by atoms with Crippen molar-refractivity contribution in [2.75, 3.05) is 30.9 Å². The van der Waals surface area contributed by atoms with Crippen LogP contribution in [0, 0.1) is 0 Å². The zero-order chi connectivity index (χ0) is 16.7. The molecular formula is C18H22N2O3. The number of hydrogen-bond acceptors (Lipinski definition) is 4. The van der Waals surface area contributed by atoms with Gasteiger partial charge in [0.15, 0.2) is 0 Å². The summed E-state index contributed by atoms with van der Waals surface area (Å²) in [5.41, 5.74) is 1.76. The Kier molecular flexibility index (Phi) is 5.86. The highest BCUT2D eigenvalue weighted by Gasteiger charge is 2.09. The first-order valence-corrected chi connectivity index (χ1v) is 7.47. The molecule has 1 amide bonds. The van der Waals surface area contributed by atoms with Crippen molar-refractivity contribution in [1.29, 1.82) is 0 Å². The zero-order valence-electron chi connectivity index (χ0n) is 13.7. The first kappa shape index (κ1) is 16.7. The summed E-state index contributed by atoms with van der Waals surface area (Å²) < 4.78 is 10.8. The highest BCUT2D eigenvalue weighted by molar-refractivity contribution is 5.84. The van der Waals surface area contributed by atoms with Crippen LogP contribution in [0.4, 0.5) is 16.2 Å². The second-order valence-corrected chi connectivity index (χ2v) is 5.41. The number of nitrogens with zero attached hydrogens (tertiary/aromatic N) is 1. The van der Waals surface area contributed by atoms with E-state index in [1.54, 1.807) is 0 Å². The molecule has 0 radical (unpaired) electrons. The summed E-state index contributed by atoms with van der Waals surface area (Å²) in [5.74, 6) is 0.753. The van der Waals surface area contributed by atoms with E-state index >= 15 is 0 Å². The molecule has 2 aromatic rings. The number of hydrogen-bond donors (Lipinski definition) is 1. The van der Waals surface area contributed by atoms with Crippen LogP contribution in [0.25, 0.3) is 0 Å². The van der Waals surface area contributed by atoms with E-state index in [9.17, 15) is 4.79 Å². The highest BCUT2D eigenvalue weighted by atomic mass is 16.6. The number of anilines is 2. The van der Waals surface area contributed by atoms with Gasteiger partial charge in [0.25, 0.3) is 0 Å². The lowest BCUT2D eigenvalue weighted by molar-refractivity contribution is 0.0992. The summed E-state index contributed by atoms with van der Waals surface area (Å²) >= 11 is 0. The van der Waals surface area contributed by atoms with Crippen molar-refractivity contribution in [3.8, 4) is 5.75 Å². The van der Waals surface area contributed by atoms with E-state index in [2.05, 4.69) is 5.32 Å². The molecule has 23 heavy (non-hydrogen) atoms. The Balaban J connectivity index is 1.76. The van der Waals surface area contributed by atoms with Crippen molar-refractivity contribution < 1.29 is 14.3 Å². The van der Waals surface area contributed by atoms with E-state index in [1.807, 2.05) is 80.5 Å². The molecule has 5 nitrogen and oxygen atoms in total. The molecule has 1 atom stereocenters. The van der Waals surface area contributed by atoms with Gasteiger partial charge >= 0.3 is 6.09 Å². The number of carbonyl (C=O) groups excluding carboxylic acids is 1. The minimum atomic E-state index is -0.494. The number of benzene rings is 2. The number of carbonyl (C=O) groups is 1. The molecule has 0 aliphatic rings. The van der Waals surface area contributed by atoms with Crippen LogP contribution in [0.2, 0.25) is 0 Å². The fraction of sp³-hybridized carbons (Fsp3) is 0.278. The summed E-state index contributed by atoms with van der Waals surface area (Å²) in [5, 5.41) is 2.69. The number of rotatable bonds is 6. The first-order valence-electron chi connectivity index (χ1n) is 7.47. The molecule has 5 heteroatoms. The molecule has 122 valence electrons. The Morgan fingerprint density at radius 2 is 1.74 bits per heavy atom. The van der Waals surface area contributed by atoms with E-state index in [0.717, 1.165) is 11.4 Å². The molecule has 0 aliphatic heterocycles. The van der Waals surface area contributed by atoms with Crippen molar-refractivity contribution in [3.63, 3.8) is 0 Å². The highest BCUT2D eigenvalue weighted by Crippen LogP contribution is 2.16. The van der Waals surface area contributed by atoms with Gasteiger partial charge in [-0.25, -0.2) is 4.79 Å². The summed E-state index contributed by atoms with van der Waals surface area (Å²) in [7, 11) is 3.93. The molecule has 0 heterocycles. The lowest BCUT2D eigenvalue weighted by atomic mass is 10.2. The maximum Gasteiger partial charge on any atom is 0.411 e. The van der Waals surface area contributed by atoms with Gasteiger partial charge in [-0.05, 0) is 43.3 Å². The Morgan fingerprint density at radius 1 is 1.09 bits per heavy atom. The van der Waals surface area contributed by atoms with E-state index in [-0.39, 0.29) is 12.7 Å². The van der Waals surface area contributed by atoms with E-state index in [4.69, 9.17) is 9.47 Å². The topological polar surface area (TPSA) is 50.8 Å². The number of amides is 1. The van der Waals surface area contributed by atoms with Crippen LogP contribution < -0.4 is 15.0 Å². The van der Waals surface area contributed by atoms with Crippen LogP contribution in [0.5, 0.6) is 5.75 Å². The smallest absolute Gasteiger partial charge is 0.411 e. The van der Waals surface area contributed by atoms with Gasteiger partial charge in [0.05, 0.1) is 0 Å². The summed E-state index contributed by atoms with van der Waals surface area (Å²) in [6.07, 6.45) is -0.717. The Labute approximate surface area is 136 Å². The van der Waals surface area contributed by atoms with Crippen molar-refractivity contribution >= 4 is 17.5 Å². The van der Waals surface area contributed by atoms with E-state index in [0.29, 0.717) is 5.69 Å². The van der Waals surface area contributed by atoms with Crippen molar-refractivity contribution in [2.24, 2.45) is 0 Å². The zero-order valence-corrected chi connectivity index (χ0v) is 13.7. The second-order valence-electron chi connectivity index (χ2n) is 5.41. The fourth-order valence-electron chi connectivity index (χ4n) is 1.96. The molecule has 0 fully saturated rings. The van der Waals surface area contributed by atoms with Gasteiger partial charge < -0.3 is 14.4 Å². The molecule has 0 saturated heterocycles. The van der Waals surface area contributed by atoms with Crippen LogP contribution in [0.3, 0.4) is 0 Å². The van der Waals surface area contributed by atoms with E-state index < -0.39 is 6.09 Å². The summed E-state index contributed by atoms with van der Waals surface area (Å²) in [6, 6.07) is 17.0. The van der Waals surface area contributed by atoms with Gasteiger partial charge in [-0.2, -0.15) is 0 Å². The average Bonchev–Trinajstić information content (AvgIpc) is 2.54. The lowest BCUT2D eigenvalue weighted by Gasteiger charge is -2.15. The van der Waals surface area contributed by atoms with Gasteiger partial charge in [-0.15, -0.1) is 0 Å². The minimum Gasteiger partial charge on any atom is -0.487 e.